The number of amides is 1. The number of rotatable bonds is 6. The number of carbonyl (C=O) groups is 1. The molecule has 4 nitrogen and oxygen atoms in total. The molecule has 1 heterocycles. The lowest BCUT2D eigenvalue weighted by molar-refractivity contribution is 0.0717. The molecule has 0 aliphatic heterocycles. The second-order valence-corrected chi connectivity index (χ2v) is 6.19. The summed E-state index contributed by atoms with van der Waals surface area (Å²) in [4.78, 5) is 14.6. The lowest BCUT2D eigenvalue weighted by Gasteiger charge is -2.23. The van der Waals surface area contributed by atoms with Crippen LogP contribution < -0.4 is 0 Å². The molecule has 2 aromatic rings. The molecule has 1 saturated carbocycles. The van der Waals surface area contributed by atoms with Crippen LogP contribution in [0.25, 0.3) is 0 Å². The first kappa shape index (κ1) is 16.6. The summed E-state index contributed by atoms with van der Waals surface area (Å²) in [5.41, 5.74) is 1.82. The minimum absolute atomic E-state index is 0.00776. The Hall–Kier alpha value is -2.24. The second kappa shape index (κ2) is 6.71. The standard InChI is InChI=1S/C18H21F2N3O/c1-3-12-6-4-5-7-13(12)10-23(14-8-9-14)18(24)15-11-22(2)21-16(15)17(19)20/h4-7,11,14,17H,3,8-10H2,1-2H3. The van der Waals surface area contributed by atoms with E-state index in [2.05, 4.69) is 12.0 Å². The van der Waals surface area contributed by atoms with E-state index in [1.165, 1.54) is 16.4 Å². The number of aromatic nitrogens is 2. The van der Waals surface area contributed by atoms with Crippen LogP contribution in [0.2, 0.25) is 0 Å². The van der Waals surface area contributed by atoms with E-state index in [1.807, 2.05) is 24.3 Å². The molecule has 24 heavy (non-hydrogen) atoms. The van der Waals surface area contributed by atoms with Gasteiger partial charge in [0.2, 0.25) is 0 Å². The van der Waals surface area contributed by atoms with Crippen LogP contribution in [-0.2, 0) is 20.0 Å². The van der Waals surface area contributed by atoms with Crippen LogP contribution >= 0.6 is 0 Å². The molecule has 1 aromatic heterocycles. The fraction of sp³-hybridized carbons (Fsp3) is 0.444. The smallest absolute Gasteiger partial charge is 0.282 e. The highest BCUT2D eigenvalue weighted by atomic mass is 19.3. The van der Waals surface area contributed by atoms with Gasteiger partial charge >= 0.3 is 0 Å². The van der Waals surface area contributed by atoms with Gasteiger partial charge in [0.1, 0.15) is 5.69 Å². The Kier molecular flexibility index (Phi) is 4.64. The zero-order valence-corrected chi connectivity index (χ0v) is 13.9. The van der Waals surface area contributed by atoms with E-state index < -0.39 is 12.1 Å². The first-order valence-corrected chi connectivity index (χ1v) is 8.20. The number of benzene rings is 1. The van der Waals surface area contributed by atoms with Crippen molar-refractivity contribution in [3.05, 3.63) is 52.8 Å². The molecule has 0 radical (unpaired) electrons. The molecule has 3 rings (SSSR count). The SMILES string of the molecule is CCc1ccccc1CN(C(=O)c1cn(C)nc1C(F)F)C1CC1. The van der Waals surface area contributed by atoms with E-state index >= 15 is 0 Å². The summed E-state index contributed by atoms with van der Waals surface area (Å²) in [6.45, 7) is 2.52. The maximum absolute atomic E-state index is 13.2. The Labute approximate surface area is 140 Å². The highest BCUT2D eigenvalue weighted by Gasteiger charge is 2.36. The Bertz CT molecular complexity index is 738. The van der Waals surface area contributed by atoms with Crippen molar-refractivity contribution >= 4 is 5.91 Å². The first-order valence-electron chi connectivity index (χ1n) is 8.20. The van der Waals surface area contributed by atoms with E-state index in [0.717, 1.165) is 24.8 Å². The van der Waals surface area contributed by atoms with Gasteiger partial charge in [-0.3, -0.25) is 9.48 Å². The summed E-state index contributed by atoms with van der Waals surface area (Å²) in [7, 11) is 1.55. The zero-order valence-electron chi connectivity index (χ0n) is 13.9. The fourth-order valence-electron chi connectivity index (χ4n) is 2.98. The normalized spacial score (nSPS) is 14.2. The van der Waals surface area contributed by atoms with Gasteiger partial charge in [-0.05, 0) is 30.4 Å². The largest absolute Gasteiger partial charge is 0.331 e. The Morgan fingerprint density at radius 2 is 2.00 bits per heavy atom. The molecule has 0 bridgehead atoms. The van der Waals surface area contributed by atoms with E-state index in [4.69, 9.17) is 0 Å². The van der Waals surface area contributed by atoms with E-state index in [-0.39, 0.29) is 17.5 Å². The maximum atomic E-state index is 13.2. The van der Waals surface area contributed by atoms with Crippen LogP contribution in [0, 0.1) is 0 Å². The van der Waals surface area contributed by atoms with Gasteiger partial charge in [0, 0.05) is 25.8 Å². The zero-order chi connectivity index (χ0) is 17.3. The molecular formula is C18H21F2N3O. The second-order valence-electron chi connectivity index (χ2n) is 6.19. The summed E-state index contributed by atoms with van der Waals surface area (Å²) in [6.07, 6.45) is 1.35. The summed E-state index contributed by atoms with van der Waals surface area (Å²) >= 11 is 0. The molecule has 1 aromatic carbocycles. The van der Waals surface area contributed by atoms with Gasteiger partial charge in [0.05, 0.1) is 5.56 Å². The van der Waals surface area contributed by atoms with Crippen LogP contribution in [0.1, 0.15) is 53.4 Å². The third-order valence-electron chi connectivity index (χ3n) is 4.38. The average Bonchev–Trinajstić information content (AvgIpc) is 3.33. The Morgan fingerprint density at radius 3 is 2.58 bits per heavy atom. The van der Waals surface area contributed by atoms with Gasteiger partial charge in [-0.2, -0.15) is 5.10 Å². The number of carbonyl (C=O) groups excluding carboxylic acids is 1. The molecule has 0 saturated heterocycles. The van der Waals surface area contributed by atoms with Gasteiger partial charge in [-0.25, -0.2) is 8.78 Å². The summed E-state index contributed by atoms with van der Waals surface area (Å²) in [5.74, 6) is -0.355. The van der Waals surface area contributed by atoms with Crippen molar-refractivity contribution in [1.82, 2.24) is 14.7 Å². The maximum Gasteiger partial charge on any atom is 0.282 e. The van der Waals surface area contributed by atoms with Crippen LogP contribution in [0.3, 0.4) is 0 Å². The number of halogens is 2. The van der Waals surface area contributed by atoms with Crippen molar-refractivity contribution in [2.24, 2.45) is 7.05 Å². The van der Waals surface area contributed by atoms with Crippen molar-refractivity contribution in [3.63, 3.8) is 0 Å². The average molecular weight is 333 g/mol. The molecule has 1 amide bonds. The number of hydrogen-bond donors (Lipinski definition) is 0. The molecule has 0 atom stereocenters. The quantitative estimate of drug-likeness (QED) is 0.808. The van der Waals surface area contributed by atoms with Gasteiger partial charge < -0.3 is 4.90 Å². The van der Waals surface area contributed by atoms with Crippen LogP contribution in [0.15, 0.2) is 30.5 Å². The molecule has 6 heteroatoms. The third-order valence-corrected chi connectivity index (χ3v) is 4.38. The van der Waals surface area contributed by atoms with Crippen molar-refractivity contribution in [2.75, 3.05) is 0 Å². The first-order chi connectivity index (χ1) is 11.5. The lowest BCUT2D eigenvalue weighted by atomic mass is 10.0. The van der Waals surface area contributed by atoms with Crippen molar-refractivity contribution in [3.8, 4) is 0 Å². The topological polar surface area (TPSA) is 38.1 Å². The molecule has 0 spiro atoms. The minimum Gasteiger partial charge on any atom is -0.331 e. The summed E-state index contributed by atoms with van der Waals surface area (Å²) < 4.78 is 27.6. The highest BCUT2D eigenvalue weighted by Crippen LogP contribution is 2.32. The number of nitrogens with zero attached hydrogens (tertiary/aromatic N) is 3. The van der Waals surface area contributed by atoms with Crippen molar-refractivity contribution in [2.45, 2.75) is 45.2 Å². The number of hydrogen-bond acceptors (Lipinski definition) is 2. The summed E-state index contributed by atoms with van der Waals surface area (Å²) in [6, 6.07) is 8.09. The van der Waals surface area contributed by atoms with Gasteiger partial charge in [0.25, 0.3) is 12.3 Å². The predicted molar refractivity (Wildman–Crippen MR) is 86.9 cm³/mol. The van der Waals surface area contributed by atoms with Crippen LogP contribution in [-0.4, -0.2) is 26.6 Å². The monoisotopic (exact) mass is 333 g/mol. The van der Waals surface area contributed by atoms with Crippen molar-refractivity contribution in [1.29, 1.82) is 0 Å². The van der Waals surface area contributed by atoms with Gasteiger partial charge in [-0.15, -0.1) is 0 Å². The molecule has 1 aliphatic rings. The molecule has 0 unspecified atom stereocenters. The Morgan fingerprint density at radius 1 is 1.33 bits per heavy atom. The summed E-state index contributed by atoms with van der Waals surface area (Å²) in [5, 5.41) is 3.75. The molecular weight excluding hydrogens is 312 g/mol. The third kappa shape index (κ3) is 3.32. The van der Waals surface area contributed by atoms with Crippen molar-refractivity contribution < 1.29 is 13.6 Å². The highest BCUT2D eigenvalue weighted by molar-refractivity contribution is 5.95. The van der Waals surface area contributed by atoms with E-state index in [0.29, 0.717) is 6.54 Å². The number of aryl methyl sites for hydroxylation is 2. The lowest BCUT2D eigenvalue weighted by Crippen LogP contribution is -2.33. The molecule has 128 valence electrons. The van der Waals surface area contributed by atoms with E-state index in [9.17, 15) is 13.6 Å². The number of alkyl halides is 2. The fourth-order valence-corrected chi connectivity index (χ4v) is 2.98. The van der Waals surface area contributed by atoms with Gasteiger partial charge in [-0.1, -0.05) is 31.2 Å². The van der Waals surface area contributed by atoms with Crippen LogP contribution in [0.5, 0.6) is 0 Å². The molecule has 1 fully saturated rings. The molecule has 1 aliphatic carbocycles. The van der Waals surface area contributed by atoms with Gasteiger partial charge in [0.15, 0.2) is 0 Å². The minimum atomic E-state index is -2.76. The predicted octanol–water partition coefficient (Wildman–Crippen LogP) is 3.72. The van der Waals surface area contributed by atoms with Crippen LogP contribution in [0.4, 0.5) is 8.78 Å². The Balaban J connectivity index is 1.90. The van der Waals surface area contributed by atoms with E-state index in [1.54, 1.807) is 11.9 Å². The molecule has 0 N–H and O–H groups in total.